The normalized spacial score (nSPS) is 11.0. The Balaban J connectivity index is 2.79. The van der Waals surface area contributed by atoms with E-state index in [1.165, 1.54) is 10.6 Å². The van der Waals surface area contributed by atoms with Gasteiger partial charge in [0.15, 0.2) is 0 Å². The van der Waals surface area contributed by atoms with Gasteiger partial charge in [0, 0.05) is 24.5 Å². The van der Waals surface area contributed by atoms with Gasteiger partial charge < -0.3 is 10.3 Å². The van der Waals surface area contributed by atoms with E-state index in [0.717, 1.165) is 0 Å². The third-order valence-corrected chi connectivity index (χ3v) is 2.29. The van der Waals surface area contributed by atoms with Crippen molar-refractivity contribution in [3.8, 4) is 6.07 Å². The number of nitrogens with zero attached hydrogens (tertiary/aromatic N) is 2. The zero-order valence-electron chi connectivity index (χ0n) is 9.03. The van der Waals surface area contributed by atoms with Crippen LogP contribution in [-0.2, 0) is 6.54 Å². The van der Waals surface area contributed by atoms with E-state index in [0.29, 0.717) is 18.7 Å². The molecule has 0 bridgehead atoms. The third kappa shape index (κ3) is 3.13. The maximum Gasteiger partial charge on any atom is 0.250 e. The summed E-state index contributed by atoms with van der Waals surface area (Å²) in [7, 11) is 0. The van der Waals surface area contributed by atoms with Gasteiger partial charge in [-0.1, -0.05) is 0 Å². The maximum absolute atomic E-state index is 11.4. The number of anilines is 1. The van der Waals surface area contributed by atoms with E-state index in [-0.39, 0.29) is 5.56 Å². The summed E-state index contributed by atoms with van der Waals surface area (Å²) in [6.07, 6.45) is 2.24. The maximum atomic E-state index is 11.4. The van der Waals surface area contributed by atoms with E-state index in [1.54, 1.807) is 12.3 Å². The summed E-state index contributed by atoms with van der Waals surface area (Å²) in [5.41, 5.74) is 5.64. The molecule has 0 fully saturated rings. The first kappa shape index (κ1) is 11.3. The van der Waals surface area contributed by atoms with Crippen LogP contribution in [0.4, 0.5) is 5.69 Å². The van der Waals surface area contributed by atoms with Gasteiger partial charge in [-0.3, -0.25) is 4.79 Å². The van der Waals surface area contributed by atoms with E-state index in [4.69, 9.17) is 11.0 Å². The summed E-state index contributed by atoms with van der Waals surface area (Å²) < 4.78 is 1.54. The smallest absolute Gasteiger partial charge is 0.250 e. The fourth-order valence-corrected chi connectivity index (χ4v) is 1.18. The van der Waals surface area contributed by atoms with E-state index < -0.39 is 5.41 Å². The van der Waals surface area contributed by atoms with Gasteiger partial charge in [0.05, 0.1) is 11.5 Å². The van der Waals surface area contributed by atoms with Crippen LogP contribution in [-0.4, -0.2) is 4.57 Å². The molecule has 4 heteroatoms. The highest BCUT2D eigenvalue weighted by atomic mass is 16.1. The number of hydrogen-bond donors (Lipinski definition) is 1. The predicted molar refractivity (Wildman–Crippen MR) is 59.1 cm³/mol. The molecule has 1 heterocycles. The van der Waals surface area contributed by atoms with Crippen LogP contribution in [0.25, 0.3) is 0 Å². The van der Waals surface area contributed by atoms with Crippen molar-refractivity contribution in [3.63, 3.8) is 0 Å². The van der Waals surface area contributed by atoms with Gasteiger partial charge in [0.25, 0.3) is 5.56 Å². The Labute approximate surface area is 88.9 Å². The Bertz CT molecular complexity index is 440. The first-order valence-electron chi connectivity index (χ1n) is 4.82. The topological polar surface area (TPSA) is 71.8 Å². The molecule has 0 amide bonds. The molecule has 80 valence electrons. The van der Waals surface area contributed by atoms with Crippen molar-refractivity contribution in [2.24, 2.45) is 5.41 Å². The fraction of sp³-hybridized carbons (Fsp3) is 0.455. The summed E-state index contributed by atoms with van der Waals surface area (Å²) in [6.45, 7) is 4.22. The second kappa shape index (κ2) is 4.18. The molecule has 0 aromatic carbocycles. The molecule has 4 nitrogen and oxygen atoms in total. The number of aryl methyl sites for hydroxylation is 1. The zero-order chi connectivity index (χ0) is 11.5. The third-order valence-electron chi connectivity index (χ3n) is 2.29. The molecule has 0 aliphatic heterocycles. The van der Waals surface area contributed by atoms with Crippen molar-refractivity contribution >= 4 is 5.69 Å². The Hall–Kier alpha value is -1.76. The van der Waals surface area contributed by atoms with Gasteiger partial charge in [-0.15, -0.1) is 0 Å². The molecule has 0 saturated carbocycles. The highest BCUT2D eigenvalue weighted by Gasteiger charge is 2.16. The number of nitrogens with two attached hydrogens (primary N) is 1. The van der Waals surface area contributed by atoms with E-state index >= 15 is 0 Å². The number of aromatic nitrogens is 1. The lowest BCUT2D eigenvalue weighted by Crippen LogP contribution is -2.22. The monoisotopic (exact) mass is 205 g/mol. The molecular formula is C11H15N3O. The molecule has 0 saturated heterocycles. The summed E-state index contributed by atoms with van der Waals surface area (Å²) in [4.78, 5) is 11.4. The van der Waals surface area contributed by atoms with Crippen molar-refractivity contribution in [2.45, 2.75) is 26.8 Å². The molecule has 0 spiro atoms. The average molecular weight is 205 g/mol. The molecule has 0 atom stereocenters. The Kier molecular flexibility index (Phi) is 3.15. The summed E-state index contributed by atoms with van der Waals surface area (Å²) in [5, 5.41) is 8.83. The number of hydrogen-bond acceptors (Lipinski definition) is 3. The summed E-state index contributed by atoms with van der Waals surface area (Å²) in [5.74, 6) is 0. The van der Waals surface area contributed by atoms with Gasteiger partial charge in [-0.05, 0) is 26.3 Å². The van der Waals surface area contributed by atoms with Gasteiger partial charge in [-0.2, -0.15) is 5.26 Å². The highest BCUT2D eigenvalue weighted by Crippen LogP contribution is 2.18. The molecule has 1 aromatic rings. The fourth-order valence-electron chi connectivity index (χ4n) is 1.18. The van der Waals surface area contributed by atoms with Crippen LogP contribution in [0.2, 0.25) is 0 Å². The minimum absolute atomic E-state index is 0.0852. The van der Waals surface area contributed by atoms with Crippen LogP contribution < -0.4 is 11.3 Å². The van der Waals surface area contributed by atoms with Crippen molar-refractivity contribution in [2.75, 3.05) is 5.73 Å². The lowest BCUT2D eigenvalue weighted by molar-refractivity contribution is 0.409. The lowest BCUT2D eigenvalue weighted by atomic mass is 9.91. The minimum Gasteiger partial charge on any atom is -0.398 e. The molecule has 0 aliphatic carbocycles. The molecule has 2 N–H and O–H groups in total. The number of pyridine rings is 1. The van der Waals surface area contributed by atoms with E-state index in [1.807, 2.05) is 13.8 Å². The van der Waals surface area contributed by atoms with Crippen LogP contribution in [0, 0.1) is 16.7 Å². The predicted octanol–water partition coefficient (Wildman–Crippen LogP) is 1.37. The zero-order valence-corrected chi connectivity index (χ0v) is 9.03. The van der Waals surface area contributed by atoms with Crippen LogP contribution in [0.1, 0.15) is 20.3 Å². The van der Waals surface area contributed by atoms with Crippen LogP contribution >= 0.6 is 0 Å². The van der Waals surface area contributed by atoms with Gasteiger partial charge in [-0.25, -0.2) is 0 Å². The first-order chi connectivity index (χ1) is 6.94. The quantitative estimate of drug-likeness (QED) is 0.810. The molecule has 0 aliphatic rings. The van der Waals surface area contributed by atoms with E-state index in [9.17, 15) is 4.79 Å². The van der Waals surface area contributed by atoms with Crippen molar-refractivity contribution in [1.29, 1.82) is 5.26 Å². The molecule has 1 rings (SSSR count). The molecule has 15 heavy (non-hydrogen) atoms. The Morgan fingerprint density at radius 3 is 2.80 bits per heavy atom. The largest absolute Gasteiger partial charge is 0.398 e. The second-order valence-electron chi connectivity index (χ2n) is 4.24. The van der Waals surface area contributed by atoms with Crippen molar-refractivity contribution in [1.82, 2.24) is 4.57 Å². The van der Waals surface area contributed by atoms with Gasteiger partial charge >= 0.3 is 0 Å². The molecule has 0 unspecified atom stereocenters. The highest BCUT2D eigenvalue weighted by molar-refractivity contribution is 5.33. The molecule has 0 radical (unpaired) electrons. The van der Waals surface area contributed by atoms with Crippen molar-refractivity contribution in [3.05, 3.63) is 28.7 Å². The van der Waals surface area contributed by atoms with E-state index in [2.05, 4.69) is 6.07 Å². The summed E-state index contributed by atoms with van der Waals surface area (Å²) in [6, 6.07) is 5.22. The first-order valence-corrected chi connectivity index (χ1v) is 4.82. The molecular weight excluding hydrogens is 190 g/mol. The SMILES string of the molecule is CC(C)(C#N)CCn1cc(N)ccc1=O. The van der Waals surface area contributed by atoms with Crippen LogP contribution in [0.5, 0.6) is 0 Å². The number of rotatable bonds is 3. The van der Waals surface area contributed by atoms with Crippen molar-refractivity contribution < 1.29 is 0 Å². The Morgan fingerprint density at radius 2 is 2.20 bits per heavy atom. The summed E-state index contributed by atoms with van der Waals surface area (Å²) >= 11 is 0. The second-order valence-corrected chi connectivity index (χ2v) is 4.24. The number of nitrogen functional groups attached to an aromatic ring is 1. The van der Waals surface area contributed by atoms with Gasteiger partial charge in [0.2, 0.25) is 0 Å². The number of nitriles is 1. The van der Waals surface area contributed by atoms with Crippen LogP contribution in [0.15, 0.2) is 23.1 Å². The molecule has 1 aromatic heterocycles. The standard InChI is InChI=1S/C11H15N3O/c1-11(2,8-12)5-6-14-7-9(13)3-4-10(14)15/h3-4,7H,5-6,13H2,1-2H3. The lowest BCUT2D eigenvalue weighted by Gasteiger charge is -2.15. The van der Waals surface area contributed by atoms with Gasteiger partial charge in [0.1, 0.15) is 0 Å². The minimum atomic E-state index is -0.413. The van der Waals surface area contributed by atoms with Crippen LogP contribution in [0.3, 0.4) is 0 Å². The Morgan fingerprint density at radius 1 is 1.53 bits per heavy atom. The average Bonchev–Trinajstić information content (AvgIpc) is 2.20.